The van der Waals surface area contributed by atoms with E-state index in [1.807, 2.05) is 5.32 Å². The van der Waals surface area contributed by atoms with E-state index >= 15 is 0 Å². The maximum absolute atomic E-state index is 12.3. The van der Waals surface area contributed by atoms with Crippen molar-refractivity contribution in [2.45, 2.75) is 12.0 Å². The molecule has 0 radical (unpaired) electrons. The van der Waals surface area contributed by atoms with Crippen molar-refractivity contribution in [1.29, 1.82) is 0 Å². The summed E-state index contributed by atoms with van der Waals surface area (Å²) >= 11 is 0. The van der Waals surface area contributed by atoms with Crippen LogP contribution in [0.4, 0.5) is 8.78 Å². The van der Waals surface area contributed by atoms with E-state index in [0.717, 1.165) is 0 Å². The average molecular weight is 212 g/mol. The number of aliphatic hydroxyl groups is 1. The minimum atomic E-state index is -3.93. The number of amides is 1. The van der Waals surface area contributed by atoms with E-state index in [-0.39, 0.29) is 0 Å². The second-order valence-electron chi connectivity index (χ2n) is 2.56. The zero-order chi connectivity index (χ0) is 11.4. The van der Waals surface area contributed by atoms with Gasteiger partial charge in [0.15, 0.2) is 0 Å². The minimum Gasteiger partial charge on any atom is -0.477 e. The molecule has 0 aliphatic heterocycles. The van der Waals surface area contributed by atoms with Crippen LogP contribution in [0.1, 0.15) is 0 Å². The molecule has 0 rings (SSSR count). The summed E-state index contributed by atoms with van der Waals surface area (Å²) in [5, 5.41) is 18.6. The number of rotatable bonds is 6. The van der Waals surface area contributed by atoms with Crippen molar-refractivity contribution in [3.63, 3.8) is 0 Å². The van der Waals surface area contributed by atoms with Crippen LogP contribution in [-0.4, -0.2) is 47.2 Å². The van der Waals surface area contributed by atoms with Gasteiger partial charge in [0.2, 0.25) is 5.91 Å². The highest BCUT2D eigenvalue weighted by Gasteiger charge is 2.38. The fraction of sp³-hybridized carbons (Fsp3) is 0.667. The lowest BCUT2D eigenvalue weighted by atomic mass is 10.3. The van der Waals surface area contributed by atoms with E-state index < -0.39 is 37.0 Å². The van der Waals surface area contributed by atoms with Gasteiger partial charge >= 0.3 is 11.9 Å². The summed E-state index contributed by atoms with van der Waals surface area (Å²) < 4.78 is 24.7. The summed E-state index contributed by atoms with van der Waals surface area (Å²) in [6.45, 7) is -1.69. The summed E-state index contributed by atoms with van der Waals surface area (Å²) in [5.41, 5.74) is 4.61. The fourth-order valence-corrected chi connectivity index (χ4v) is 0.542. The topological polar surface area (TPSA) is 113 Å². The summed E-state index contributed by atoms with van der Waals surface area (Å²) in [5.74, 6) is -7.29. The molecular weight excluding hydrogens is 202 g/mol. The van der Waals surface area contributed by atoms with Crippen LogP contribution in [0.5, 0.6) is 0 Å². The highest BCUT2D eigenvalue weighted by molar-refractivity contribution is 5.78. The Labute approximate surface area is 77.7 Å². The normalized spacial score (nSPS) is 13.6. The number of nitrogens with one attached hydrogen (secondary N) is 1. The second kappa shape index (κ2) is 4.82. The standard InChI is InChI=1S/C6H10F2N2O4/c7-6(8,5(13)14)2-10-1-3(11)4(9)12/h3,10-11H,1-2H2,(H2,9,12)(H,13,14). The minimum absolute atomic E-state index is 0.516. The summed E-state index contributed by atoms with van der Waals surface area (Å²) in [4.78, 5) is 20.1. The van der Waals surface area contributed by atoms with Crippen molar-refractivity contribution in [3.05, 3.63) is 0 Å². The van der Waals surface area contributed by atoms with Gasteiger partial charge in [-0.05, 0) is 0 Å². The fourth-order valence-electron chi connectivity index (χ4n) is 0.542. The molecule has 0 aromatic rings. The second-order valence-corrected chi connectivity index (χ2v) is 2.56. The van der Waals surface area contributed by atoms with Gasteiger partial charge in [-0.15, -0.1) is 0 Å². The van der Waals surface area contributed by atoms with Crippen LogP contribution in [0, 0.1) is 0 Å². The largest absolute Gasteiger partial charge is 0.477 e. The molecule has 1 amide bonds. The Balaban J connectivity index is 3.85. The Morgan fingerprint density at radius 3 is 2.36 bits per heavy atom. The van der Waals surface area contributed by atoms with Crippen molar-refractivity contribution in [1.82, 2.24) is 5.32 Å². The number of aliphatic carboxylic acids is 1. The quantitative estimate of drug-likeness (QED) is 0.412. The Bertz CT molecular complexity index is 234. The van der Waals surface area contributed by atoms with Crippen molar-refractivity contribution < 1.29 is 28.6 Å². The Kier molecular flexibility index (Phi) is 4.38. The molecule has 1 atom stereocenters. The predicted octanol–water partition coefficient (Wildman–Crippen LogP) is -1.86. The van der Waals surface area contributed by atoms with E-state index in [4.69, 9.17) is 10.2 Å². The molecule has 0 saturated heterocycles. The molecule has 8 heteroatoms. The first-order valence-electron chi connectivity index (χ1n) is 3.56. The zero-order valence-electron chi connectivity index (χ0n) is 7.04. The van der Waals surface area contributed by atoms with Gasteiger partial charge in [-0.25, -0.2) is 4.79 Å². The summed E-state index contributed by atoms with van der Waals surface area (Å²) in [6, 6.07) is 0. The van der Waals surface area contributed by atoms with Gasteiger partial charge in [0.1, 0.15) is 6.10 Å². The van der Waals surface area contributed by atoms with Crippen LogP contribution in [-0.2, 0) is 9.59 Å². The third-order valence-electron chi connectivity index (χ3n) is 1.33. The zero-order valence-corrected chi connectivity index (χ0v) is 7.04. The molecule has 0 saturated carbocycles. The van der Waals surface area contributed by atoms with Crippen molar-refractivity contribution in [2.24, 2.45) is 5.73 Å². The number of carboxylic acid groups (broad SMARTS) is 1. The Morgan fingerprint density at radius 1 is 1.50 bits per heavy atom. The van der Waals surface area contributed by atoms with Crippen LogP contribution in [0.3, 0.4) is 0 Å². The number of hydrogen-bond acceptors (Lipinski definition) is 4. The lowest BCUT2D eigenvalue weighted by Crippen LogP contribution is -2.44. The van der Waals surface area contributed by atoms with Crippen LogP contribution in [0.15, 0.2) is 0 Å². The van der Waals surface area contributed by atoms with Gasteiger partial charge in [0, 0.05) is 6.54 Å². The highest BCUT2D eigenvalue weighted by Crippen LogP contribution is 2.11. The van der Waals surface area contributed by atoms with Crippen molar-refractivity contribution in [3.8, 4) is 0 Å². The van der Waals surface area contributed by atoms with Gasteiger partial charge in [-0.3, -0.25) is 4.79 Å². The molecule has 14 heavy (non-hydrogen) atoms. The number of nitrogens with two attached hydrogens (primary N) is 1. The maximum Gasteiger partial charge on any atom is 0.375 e. The molecule has 0 aromatic heterocycles. The van der Waals surface area contributed by atoms with Gasteiger partial charge < -0.3 is 21.3 Å². The third-order valence-corrected chi connectivity index (χ3v) is 1.33. The summed E-state index contributed by atoms with van der Waals surface area (Å²) in [7, 11) is 0. The lowest BCUT2D eigenvalue weighted by molar-refractivity contribution is -0.164. The first kappa shape index (κ1) is 12.7. The van der Waals surface area contributed by atoms with E-state index in [1.54, 1.807) is 0 Å². The molecule has 0 heterocycles. The summed E-state index contributed by atoms with van der Waals surface area (Å²) in [6.07, 6.45) is -1.61. The molecule has 0 spiro atoms. The van der Waals surface area contributed by atoms with E-state index in [0.29, 0.717) is 0 Å². The number of carboxylic acids is 1. The van der Waals surface area contributed by atoms with Crippen LogP contribution in [0.2, 0.25) is 0 Å². The van der Waals surface area contributed by atoms with Gasteiger partial charge in [0.25, 0.3) is 0 Å². The monoisotopic (exact) mass is 212 g/mol. The Hall–Kier alpha value is -1.28. The van der Waals surface area contributed by atoms with Crippen LogP contribution in [0.25, 0.3) is 0 Å². The molecule has 0 aromatic carbocycles. The number of carbonyl (C=O) groups is 2. The molecule has 0 aliphatic rings. The average Bonchev–Trinajstić information content (AvgIpc) is 2.03. The lowest BCUT2D eigenvalue weighted by Gasteiger charge is -2.13. The highest BCUT2D eigenvalue weighted by atomic mass is 19.3. The molecule has 0 fully saturated rings. The number of primary amides is 1. The first-order valence-corrected chi connectivity index (χ1v) is 3.56. The number of aliphatic hydroxyl groups excluding tert-OH is 1. The number of alkyl halides is 2. The van der Waals surface area contributed by atoms with Gasteiger partial charge in [-0.2, -0.15) is 8.78 Å². The van der Waals surface area contributed by atoms with E-state index in [2.05, 4.69) is 5.73 Å². The smallest absolute Gasteiger partial charge is 0.375 e. The molecule has 82 valence electrons. The van der Waals surface area contributed by atoms with Crippen LogP contribution < -0.4 is 11.1 Å². The molecular formula is C6H10F2N2O4. The predicted molar refractivity (Wildman–Crippen MR) is 40.7 cm³/mol. The molecule has 5 N–H and O–H groups in total. The Morgan fingerprint density at radius 2 is 2.00 bits per heavy atom. The third kappa shape index (κ3) is 4.10. The number of carbonyl (C=O) groups excluding carboxylic acids is 1. The van der Waals surface area contributed by atoms with Crippen LogP contribution >= 0.6 is 0 Å². The van der Waals surface area contributed by atoms with E-state index in [9.17, 15) is 18.4 Å². The SMILES string of the molecule is NC(=O)C(O)CNCC(F)(F)C(=O)O. The first-order chi connectivity index (χ1) is 6.27. The molecule has 6 nitrogen and oxygen atoms in total. The maximum atomic E-state index is 12.3. The van der Waals surface area contributed by atoms with Crippen molar-refractivity contribution >= 4 is 11.9 Å². The van der Waals surface area contributed by atoms with E-state index in [1.165, 1.54) is 0 Å². The van der Waals surface area contributed by atoms with Crippen molar-refractivity contribution in [2.75, 3.05) is 13.1 Å². The number of hydrogen-bond donors (Lipinski definition) is 4. The van der Waals surface area contributed by atoms with Gasteiger partial charge in [0.05, 0.1) is 6.54 Å². The molecule has 0 aliphatic carbocycles. The molecule has 0 bridgehead atoms. The number of halogens is 2. The van der Waals surface area contributed by atoms with Gasteiger partial charge in [-0.1, -0.05) is 0 Å². The molecule has 1 unspecified atom stereocenters.